The Kier molecular flexibility index (Phi) is 3.79. The van der Waals surface area contributed by atoms with E-state index < -0.39 is 0 Å². The third kappa shape index (κ3) is 2.97. The Morgan fingerprint density at radius 1 is 1.22 bits per heavy atom. The second kappa shape index (κ2) is 5.33. The Bertz CT molecular complexity index is 584. The van der Waals surface area contributed by atoms with Gasteiger partial charge in [0.2, 0.25) is 0 Å². The van der Waals surface area contributed by atoms with E-state index in [0.717, 1.165) is 5.56 Å². The normalized spacial score (nSPS) is 10.2. The first-order valence-corrected chi connectivity index (χ1v) is 5.87. The molecule has 2 heterocycles. The lowest BCUT2D eigenvalue weighted by atomic mass is 10.3. The zero-order chi connectivity index (χ0) is 13.1. The van der Waals surface area contributed by atoms with Crippen LogP contribution in [0.4, 0.5) is 5.69 Å². The number of nitrogens with one attached hydrogen (secondary N) is 1. The summed E-state index contributed by atoms with van der Waals surface area (Å²) in [4.78, 5) is 19.8. The van der Waals surface area contributed by atoms with Crippen LogP contribution in [-0.4, -0.2) is 15.9 Å². The Morgan fingerprint density at radius 2 is 2.00 bits per heavy atom. The number of carbonyl (C=O) groups is 1. The minimum absolute atomic E-state index is 0.239. The molecule has 2 rings (SSSR count). The number of hydrogen-bond acceptors (Lipinski definition) is 3. The van der Waals surface area contributed by atoms with Crippen molar-refractivity contribution in [3.05, 3.63) is 52.0 Å². The van der Waals surface area contributed by atoms with Crippen LogP contribution in [0.3, 0.4) is 0 Å². The van der Waals surface area contributed by atoms with Gasteiger partial charge < -0.3 is 5.32 Å². The van der Waals surface area contributed by atoms with Crippen molar-refractivity contribution in [2.24, 2.45) is 0 Å². The number of anilines is 1. The van der Waals surface area contributed by atoms with Gasteiger partial charge in [0.15, 0.2) is 5.15 Å². The molecule has 0 unspecified atom stereocenters. The van der Waals surface area contributed by atoms with Crippen LogP contribution in [0, 0.1) is 6.92 Å². The third-order valence-corrected chi connectivity index (χ3v) is 2.71. The van der Waals surface area contributed by atoms with Crippen molar-refractivity contribution in [3.63, 3.8) is 0 Å². The van der Waals surface area contributed by atoms with Crippen molar-refractivity contribution < 1.29 is 4.79 Å². The predicted molar refractivity (Wildman–Crippen MR) is 71.2 cm³/mol. The first kappa shape index (κ1) is 12.8. The number of rotatable bonds is 2. The zero-order valence-corrected chi connectivity index (χ0v) is 11.0. The van der Waals surface area contributed by atoms with Crippen molar-refractivity contribution in [1.82, 2.24) is 9.97 Å². The minimum atomic E-state index is -0.360. The molecular weight excluding hydrogens is 273 g/mol. The van der Waals surface area contributed by atoms with E-state index in [1.165, 1.54) is 12.3 Å². The van der Waals surface area contributed by atoms with Crippen molar-refractivity contribution in [2.75, 3.05) is 5.32 Å². The number of hydrogen-bond donors (Lipinski definition) is 1. The van der Waals surface area contributed by atoms with E-state index in [-0.39, 0.29) is 16.8 Å². The highest BCUT2D eigenvalue weighted by Gasteiger charge is 2.10. The molecule has 2 aromatic rings. The van der Waals surface area contributed by atoms with Gasteiger partial charge in [0.1, 0.15) is 5.69 Å². The minimum Gasteiger partial charge on any atom is -0.318 e. The number of pyridine rings is 2. The number of aryl methyl sites for hydroxylation is 1. The van der Waals surface area contributed by atoms with E-state index in [9.17, 15) is 4.79 Å². The fourth-order valence-corrected chi connectivity index (χ4v) is 1.60. The fraction of sp³-hybridized carbons (Fsp3) is 0.0833. The van der Waals surface area contributed by atoms with Crippen LogP contribution in [-0.2, 0) is 0 Å². The first-order chi connectivity index (χ1) is 8.56. The average Bonchev–Trinajstić information content (AvgIpc) is 2.34. The standard InChI is InChI=1S/C12H9Cl2N3O/c1-7-4-10(11(14)16-5-7)17-12(18)9-3-2-8(13)6-15-9/h2-6H,1H3,(H,17,18). The maximum atomic E-state index is 11.9. The van der Waals surface area contributed by atoms with Gasteiger partial charge >= 0.3 is 0 Å². The predicted octanol–water partition coefficient (Wildman–Crippen LogP) is 3.34. The molecule has 2 aromatic heterocycles. The molecule has 0 bridgehead atoms. The number of amides is 1. The van der Waals surface area contributed by atoms with Gasteiger partial charge in [0.05, 0.1) is 10.7 Å². The van der Waals surface area contributed by atoms with Gasteiger partial charge in [-0.25, -0.2) is 9.97 Å². The van der Waals surface area contributed by atoms with Crippen LogP contribution in [0.15, 0.2) is 30.6 Å². The first-order valence-electron chi connectivity index (χ1n) is 5.11. The summed E-state index contributed by atoms with van der Waals surface area (Å²) in [5.41, 5.74) is 1.62. The Hall–Kier alpha value is -1.65. The molecule has 0 fully saturated rings. The van der Waals surface area contributed by atoms with Crippen molar-refractivity contribution >= 4 is 34.8 Å². The Morgan fingerprint density at radius 3 is 2.67 bits per heavy atom. The number of nitrogens with zero attached hydrogens (tertiary/aromatic N) is 2. The summed E-state index contributed by atoms with van der Waals surface area (Å²) in [6.45, 7) is 1.86. The van der Waals surface area contributed by atoms with Gasteiger partial charge in [0, 0.05) is 12.4 Å². The van der Waals surface area contributed by atoms with Gasteiger partial charge in [-0.3, -0.25) is 4.79 Å². The average molecular weight is 282 g/mol. The molecule has 0 radical (unpaired) electrons. The second-order valence-electron chi connectivity index (χ2n) is 3.67. The molecule has 0 saturated carbocycles. The lowest BCUT2D eigenvalue weighted by molar-refractivity contribution is 0.102. The molecule has 0 aliphatic rings. The van der Waals surface area contributed by atoms with E-state index in [1.54, 1.807) is 18.3 Å². The molecule has 0 saturated heterocycles. The SMILES string of the molecule is Cc1cnc(Cl)c(NC(=O)c2ccc(Cl)cn2)c1. The molecule has 1 N–H and O–H groups in total. The molecule has 0 aliphatic carbocycles. The molecule has 0 aromatic carbocycles. The molecular formula is C12H9Cl2N3O. The van der Waals surface area contributed by atoms with Crippen LogP contribution in [0.2, 0.25) is 10.2 Å². The van der Waals surface area contributed by atoms with Gasteiger partial charge in [-0.1, -0.05) is 23.2 Å². The number of carbonyl (C=O) groups excluding carboxylic acids is 1. The van der Waals surface area contributed by atoms with Gasteiger partial charge in [-0.2, -0.15) is 0 Å². The van der Waals surface area contributed by atoms with Gasteiger partial charge in [0.25, 0.3) is 5.91 Å². The maximum absolute atomic E-state index is 11.9. The van der Waals surface area contributed by atoms with Crippen LogP contribution >= 0.6 is 23.2 Å². The summed E-state index contributed by atoms with van der Waals surface area (Å²) >= 11 is 11.6. The summed E-state index contributed by atoms with van der Waals surface area (Å²) in [6.07, 6.45) is 3.03. The quantitative estimate of drug-likeness (QED) is 0.859. The van der Waals surface area contributed by atoms with Crippen molar-refractivity contribution in [1.29, 1.82) is 0 Å². The number of halogens is 2. The molecule has 0 spiro atoms. The highest BCUT2D eigenvalue weighted by molar-refractivity contribution is 6.32. The molecule has 0 aliphatic heterocycles. The van der Waals surface area contributed by atoms with Gasteiger partial charge in [-0.15, -0.1) is 0 Å². The fourth-order valence-electron chi connectivity index (χ4n) is 1.34. The molecule has 18 heavy (non-hydrogen) atoms. The van der Waals surface area contributed by atoms with E-state index >= 15 is 0 Å². The molecule has 6 heteroatoms. The summed E-state index contributed by atoms with van der Waals surface area (Å²) in [6, 6.07) is 4.87. The van der Waals surface area contributed by atoms with Crippen LogP contribution in [0.5, 0.6) is 0 Å². The Labute approximate surface area is 114 Å². The van der Waals surface area contributed by atoms with E-state index in [1.807, 2.05) is 6.92 Å². The highest BCUT2D eigenvalue weighted by Crippen LogP contribution is 2.20. The van der Waals surface area contributed by atoms with Crippen LogP contribution in [0.25, 0.3) is 0 Å². The molecule has 1 amide bonds. The summed E-state index contributed by atoms with van der Waals surface area (Å²) in [5, 5.41) is 3.36. The smallest absolute Gasteiger partial charge is 0.274 e. The third-order valence-electron chi connectivity index (χ3n) is 2.18. The van der Waals surface area contributed by atoms with E-state index in [4.69, 9.17) is 23.2 Å². The summed E-state index contributed by atoms with van der Waals surface area (Å²) in [5.74, 6) is -0.360. The largest absolute Gasteiger partial charge is 0.318 e. The maximum Gasteiger partial charge on any atom is 0.274 e. The second-order valence-corrected chi connectivity index (χ2v) is 4.46. The highest BCUT2D eigenvalue weighted by atomic mass is 35.5. The zero-order valence-electron chi connectivity index (χ0n) is 9.45. The molecule has 4 nitrogen and oxygen atoms in total. The lowest BCUT2D eigenvalue weighted by Crippen LogP contribution is -2.14. The molecule has 0 atom stereocenters. The monoisotopic (exact) mass is 281 g/mol. The van der Waals surface area contributed by atoms with E-state index in [0.29, 0.717) is 10.7 Å². The van der Waals surface area contributed by atoms with Crippen LogP contribution in [0.1, 0.15) is 16.1 Å². The Balaban J connectivity index is 2.21. The van der Waals surface area contributed by atoms with Crippen LogP contribution < -0.4 is 5.32 Å². The van der Waals surface area contributed by atoms with Crippen molar-refractivity contribution in [2.45, 2.75) is 6.92 Å². The molecule has 92 valence electrons. The summed E-state index contributed by atoms with van der Waals surface area (Å²) in [7, 11) is 0. The summed E-state index contributed by atoms with van der Waals surface area (Å²) < 4.78 is 0. The lowest BCUT2D eigenvalue weighted by Gasteiger charge is -2.06. The number of aromatic nitrogens is 2. The van der Waals surface area contributed by atoms with Gasteiger partial charge in [-0.05, 0) is 30.7 Å². The van der Waals surface area contributed by atoms with Crippen molar-refractivity contribution in [3.8, 4) is 0 Å². The topological polar surface area (TPSA) is 54.9 Å². The van der Waals surface area contributed by atoms with E-state index in [2.05, 4.69) is 15.3 Å².